The number of likely N-dealkylation sites (N-methyl/N-ethyl adjacent to an activating group) is 1. The number of benzene rings is 1. The van der Waals surface area contributed by atoms with Crippen molar-refractivity contribution in [1.29, 1.82) is 0 Å². The van der Waals surface area contributed by atoms with Gasteiger partial charge in [-0.15, -0.1) is 0 Å². The molecule has 0 aliphatic heterocycles. The zero-order valence-electron chi connectivity index (χ0n) is 12.3. The third kappa shape index (κ3) is 7.01. The van der Waals surface area contributed by atoms with Gasteiger partial charge >= 0.3 is 6.61 Å². The second kappa shape index (κ2) is 7.33. The van der Waals surface area contributed by atoms with Crippen LogP contribution in [0.15, 0.2) is 24.3 Å². The quantitative estimate of drug-likeness (QED) is 0.808. The Morgan fingerprint density at radius 2 is 2.05 bits per heavy atom. The minimum atomic E-state index is -2.96. The van der Waals surface area contributed by atoms with Crippen LogP contribution in [0.1, 0.15) is 13.8 Å². The van der Waals surface area contributed by atoms with E-state index in [0.717, 1.165) is 0 Å². The lowest BCUT2D eigenvalue weighted by Crippen LogP contribution is -2.40. The van der Waals surface area contributed by atoms with Crippen LogP contribution in [0, 0.1) is 0 Å². The molecule has 1 aromatic carbocycles. The second-order valence-corrected chi connectivity index (χ2v) is 5.41. The molecular weight excluding hydrogens is 282 g/mol. The van der Waals surface area contributed by atoms with E-state index in [1.54, 1.807) is 31.9 Å². The van der Waals surface area contributed by atoms with Gasteiger partial charge in [-0.1, -0.05) is 12.1 Å². The molecule has 5 nitrogen and oxygen atoms in total. The molecule has 0 radical (unpaired) electrons. The Balaban J connectivity index is 2.63. The van der Waals surface area contributed by atoms with Crippen molar-refractivity contribution in [2.75, 3.05) is 25.5 Å². The molecule has 0 bridgehead atoms. The van der Waals surface area contributed by atoms with Gasteiger partial charge in [0.15, 0.2) is 0 Å². The molecular formula is C14H20F2N2O3. The first-order valence-corrected chi connectivity index (χ1v) is 6.42. The van der Waals surface area contributed by atoms with Crippen LogP contribution in [0.4, 0.5) is 14.5 Å². The lowest BCUT2D eigenvalue weighted by atomic mass is 10.1. The van der Waals surface area contributed by atoms with Crippen molar-refractivity contribution >= 4 is 11.6 Å². The molecule has 0 aromatic heterocycles. The predicted octanol–water partition coefficient (Wildman–Crippen LogP) is 1.93. The first-order valence-electron chi connectivity index (χ1n) is 6.42. The van der Waals surface area contributed by atoms with E-state index >= 15 is 0 Å². The van der Waals surface area contributed by atoms with Gasteiger partial charge in [-0.05, 0) is 33.0 Å². The zero-order valence-corrected chi connectivity index (χ0v) is 12.3. The average molecular weight is 302 g/mol. The minimum Gasteiger partial charge on any atom is -0.433 e. The highest BCUT2D eigenvalue weighted by Crippen LogP contribution is 2.25. The van der Waals surface area contributed by atoms with E-state index in [9.17, 15) is 18.7 Å². The fourth-order valence-corrected chi connectivity index (χ4v) is 1.92. The molecule has 0 aliphatic rings. The van der Waals surface area contributed by atoms with Gasteiger partial charge in [0.1, 0.15) is 5.75 Å². The van der Waals surface area contributed by atoms with Gasteiger partial charge in [0.25, 0.3) is 0 Å². The summed E-state index contributed by atoms with van der Waals surface area (Å²) < 4.78 is 28.9. The van der Waals surface area contributed by atoms with Crippen LogP contribution in [0.5, 0.6) is 5.75 Å². The van der Waals surface area contributed by atoms with Gasteiger partial charge in [0, 0.05) is 6.54 Å². The summed E-state index contributed by atoms with van der Waals surface area (Å²) in [6, 6.07) is 5.97. The molecule has 2 N–H and O–H groups in total. The molecule has 1 rings (SSSR count). The number of amides is 1. The van der Waals surface area contributed by atoms with Gasteiger partial charge in [0.05, 0.1) is 17.8 Å². The Hall–Kier alpha value is -1.73. The molecule has 1 amide bonds. The molecule has 0 atom stereocenters. The molecule has 118 valence electrons. The lowest BCUT2D eigenvalue weighted by molar-refractivity contribution is -0.117. The third-order valence-corrected chi connectivity index (χ3v) is 2.45. The molecule has 1 aromatic rings. The molecule has 0 saturated heterocycles. The van der Waals surface area contributed by atoms with Crippen LogP contribution >= 0.6 is 0 Å². The molecule has 0 saturated carbocycles. The second-order valence-electron chi connectivity index (χ2n) is 5.41. The van der Waals surface area contributed by atoms with E-state index in [-0.39, 0.29) is 23.9 Å². The Kier molecular flexibility index (Phi) is 6.04. The monoisotopic (exact) mass is 302 g/mol. The molecule has 7 heteroatoms. The normalized spacial score (nSPS) is 11.8. The summed E-state index contributed by atoms with van der Waals surface area (Å²) in [6.07, 6.45) is 0. The van der Waals surface area contributed by atoms with Gasteiger partial charge < -0.3 is 15.2 Å². The Morgan fingerprint density at radius 3 is 2.62 bits per heavy atom. The number of nitrogens with one attached hydrogen (secondary N) is 1. The summed E-state index contributed by atoms with van der Waals surface area (Å²) in [7, 11) is 1.68. The molecule has 0 heterocycles. The summed E-state index contributed by atoms with van der Waals surface area (Å²) in [5.41, 5.74) is -0.745. The largest absolute Gasteiger partial charge is 0.433 e. The molecule has 0 aliphatic carbocycles. The SMILES string of the molecule is CN(CC(=O)Nc1ccccc1OC(F)F)CC(C)(C)O. The Morgan fingerprint density at radius 1 is 1.43 bits per heavy atom. The van der Waals surface area contributed by atoms with Crippen LogP contribution < -0.4 is 10.1 Å². The van der Waals surface area contributed by atoms with Crippen LogP contribution in [0.3, 0.4) is 0 Å². The smallest absolute Gasteiger partial charge is 0.387 e. The number of hydrogen-bond acceptors (Lipinski definition) is 4. The van der Waals surface area contributed by atoms with Crippen LogP contribution in [-0.4, -0.2) is 48.3 Å². The first kappa shape index (κ1) is 17.3. The highest BCUT2D eigenvalue weighted by atomic mass is 19.3. The fourth-order valence-electron chi connectivity index (χ4n) is 1.92. The molecule has 0 fully saturated rings. The van der Waals surface area contributed by atoms with Crippen molar-refractivity contribution in [2.24, 2.45) is 0 Å². The average Bonchev–Trinajstić information content (AvgIpc) is 2.28. The van der Waals surface area contributed by atoms with Gasteiger partial charge in [-0.3, -0.25) is 9.69 Å². The Bertz CT molecular complexity index is 476. The van der Waals surface area contributed by atoms with E-state index in [1.165, 1.54) is 18.2 Å². The van der Waals surface area contributed by atoms with Crippen LogP contribution in [-0.2, 0) is 4.79 Å². The number of ether oxygens (including phenoxy) is 1. The number of carbonyl (C=O) groups excluding carboxylic acids is 1. The fraction of sp³-hybridized carbons (Fsp3) is 0.500. The van der Waals surface area contributed by atoms with Gasteiger partial charge in [0.2, 0.25) is 5.91 Å². The number of para-hydroxylation sites is 2. The van der Waals surface area contributed by atoms with Crippen molar-refractivity contribution in [2.45, 2.75) is 26.1 Å². The van der Waals surface area contributed by atoms with Crippen molar-refractivity contribution in [3.05, 3.63) is 24.3 Å². The van der Waals surface area contributed by atoms with Gasteiger partial charge in [-0.25, -0.2) is 0 Å². The molecule has 0 unspecified atom stereocenters. The maximum atomic E-state index is 12.3. The number of hydrogen-bond donors (Lipinski definition) is 2. The predicted molar refractivity (Wildman–Crippen MR) is 75.5 cm³/mol. The molecule has 21 heavy (non-hydrogen) atoms. The number of aliphatic hydroxyl groups is 1. The minimum absolute atomic E-state index is 0.0208. The van der Waals surface area contributed by atoms with E-state index in [2.05, 4.69) is 10.1 Å². The maximum absolute atomic E-state index is 12.3. The van der Waals surface area contributed by atoms with Crippen molar-refractivity contribution in [3.8, 4) is 5.75 Å². The van der Waals surface area contributed by atoms with E-state index in [1.807, 2.05) is 0 Å². The highest BCUT2D eigenvalue weighted by Gasteiger charge is 2.18. The number of anilines is 1. The van der Waals surface area contributed by atoms with Crippen LogP contribution in [0.25, 0.3) is 0 Å². The summed E-state index contributed by atoms with van der Waals surface area (Å²) in [5.74, 6) is -0.474. The highest BCUT2D eigenvalue weighted by molar-refractivity contribution is 5.93. The number of halogens is 2. The third-order valence-electron chi connectivity index (χ3n) is 2.45. The number of rotatable bonds is 7. The maximum Gasteiger partial charge on any atom is 0.387 e. The number of alkyl halides is 2. The standard InChI is InChI=1S/C14H20F2N2O3/c1-14(2,20)9-18(3)8-12(19)17-10-6-4-5-7-11(10)21-13(15)16/h4-7,13,20H,8-9H2,1-3H3,(H,17,19). The first-order chi connectivity index (χ1) is 9.67. The Labute approximate surface area is 122 Å². The summed E-state index contributed by atoms with van der Waals surface area (Å²) in [4.78, 5) is 13.5. The lowest BCUT2D eigenvalue weighted by Gasteiger charge is -2.25. The zero-order chi connectivity index (χ0) is 16.0. The van der Waals surface area contributed by atoms with E-state index in [0.29, 0.717) is 6.54 Å². The van der Waals surface area contributed by atoms with E-state index in [4.69, 9.17) is 0 Å². The summed E-state index contributed by atoms with van der Waals surface area (Å²) in [6.45, 7) is 0.629. The van der Waals surface area contributed by atoms with Crippen LogP contribution in [0.2, 0.25) is 0 Å². The summed E-state index contributed by atoms with van der Waals surface area (Å²) in [5, 5.41) is 12.2. The van der Waals surface area contributed by atoms with Gasteiger partial charge in [-0.2, -0.15) is 8.78 Å². The van der Waals surface area contributed by atoms with Crippen molar-refractivity contribution in [3.63, 3.8) is 0 Å². The number of nitrogens with zero attached hydrogens (tertiary/aromatic N) is 1. The van der Waals surface area contributed by atoms with Crippen molar-refractivity contribution < 1.29 is 23.4 Å². The number of carbonyl (C=O) groups is 1. The topological polar surface area (TPSA) is 61.8 Å². The van der Waals surface area contributed by atoms with E-state index < -0.39 is 12.2 Å². The summed E-state index contributed by atoms with van der Waals surface area (Å²) >= 11 is 0. The molecule has 0 spiro atoms. The van der Waals surface area contributed by atoms with Crippen molar-refractivity contribution in [1.82, 2.24) is 4.90 Å².